The number of Topliss-reactive ketones (excluding diaryl/α,β-unsaturated/α-hetero) is 1. The molecule has 0 bridgehead atoms. The van der Waals surface area contributed by atoms with Gasteiger partial charge in [-0.3, -0.25) is 4.79 Å². The molecule has 3 heterocycles. The van der Waals surface area contributed by atoms with Gasteiger partial charge in [-0.2, -0.15) is 5.10 Å². The van der Waals surface area contributed by atoms with Gasteiger partial charge in [0.2, 0.25) is 15.9 Å². The van der Waals surface area contributed by atoms with Crippen molar-refractivity contribution < 1.29 is 17.9 Å². The molecule has 1 aromatic heterocycles. The highest BCUT2D eigenvalue weighted by molar-refractivity contribution is 7.88. The number of sulfonamides is 1. The minimum absolute atomic E-state index is 0.00955. The van der Waals surface area contributed by atoms with E-state index in [-0.39, 0.29) is 11.7 Å². The summed E-state index contributed by atoms with van der Waals surface area (Å²) < 4.78 is 32.3. The summed E-state index contributed by atoms with van der Waals surface area (Å²) in [6.07, 6.45) is 8.07. The second-order valence-electron chi connectivity index (χ2n) is 7.82. The largest absolute Gasteiger partial charge is 0.472 e. The van der Waals surface area contributed by atoms with Gasteiger partial charge in [0.1, 0.15) is 6.61 Å². The van der Waals surface area contributed by atoms with Gasteiger partial charge in [-0.1, -0.05) is 6.08 Å². The van der Waals surface area contributed by atoms with Gasteiger partial charge in [-0.15, -0.1) is 10.2 Å². The van der Waals surface area contributed by atoms with E-state index in [2.05, 4.69) is 10.2 Å². The quantitative estimate of drug-likeness (QED) is 0.487. The third-order valence-corrected chi connectivity index (χ3v) is 6.83. The Hall–Kier alpha value is -3.11. The number of allylic oxidation sites excluding steroid dienone is 2. The fourth-order valence-corrected chi connectivity index (χ4v) is 4.59. The van der Waals surface area contributed by atoms with Crippen LogP contribution in [0.1, 0.15) is 41.7 Å². The number of rotatable bonds is 6. The van der Waals surface area contributed by atoms with Gasteiger partial charge in [-0.05, 0) is 50.1 Å². The van der Waals surface area contributed by atoms with Gasteiger partial charge >= 0.3 is 0 Å². The summed E-state index contributed by atoms with van der Waals surface area (Å²) in [5.41, 5.74) is 2.20. The van der Waals surface area contributed by atoms with Crippen molar-refractivity contribution in [3.63, 3.8) is 0 Å². The van der Waals surface area contributed by atoms with Crippen molar-refractivity contribution in [1.29, 1.82) is 0 Å². The summed E-state index contributed by atoms with van der Waals surface area (Å²) in [6, 6.07) is 9.02. The number of aromatic nitrogens is 2. The Kier molecular flexibility index (Phi) is 6.33. The molecule has 9 nitrogen and oxygen atoms in total. The van der Waals surface area contributed by atoms with Crippen molar-refractivity contribution in [1.82, 2.24) is 14.1 Å². The summed E-state index contributed by atoms with van der Waals surface area (Å²) in [5, 5.41) is 13.3. The molecule has 1 aromatic carbocycles. The van der Waals surface area contributed by atoms with Gasteiger partial charge in [0.25, 0.3) is 0 Å². The predicted octanol–water partition coefficient (Wildman–Crippen LogP) is 3.73. The molecule has 0 unspecified atom stereocenters. The molecule has 10 heteroatoms. The van der Waals surface area contributed by atoms with Crippen LogP contribution in [0, 0.1) is 0 Å². The van der Waals surface area contributed by atoms with E-state index >= 15 is 0 Å². The molecule has 0 saturated carbocycles. The molecule has 0 aliphatic carbocycles. The van der Waals surface area contributed by atoms with E-state index in [1.54, 1.807) is 22.9 Å². The van der Waals surface area contributed by atoms with Gasteiger partial charge < -0.3 is 4.74 Å². The fraction of sp³-hybridized carbons (Fsp3) is 0.364. The van der Waals surface area contributed by atoms with Crippen LogP contribution in [0.3, 0.4) is 0 Å². The van der Waals surface area contributed by atoms with E-state index in [1.165, 1.54) is 17.5 Å². The van der Waals surface area contributed by atoms with Crippen molar-refractivity contribution in [2.45, 2.75) is 25.7 Å². The molecule has 0 amide bonds. The smallest absolute Gasteiger partial charge is 0.233 e. The van der Waals surface area contributed by atoms with Gasteiger partial charge in [0, 0.05) is 36.7 Å². The van der Waals surface area contributed by atoms with Crippen LogP contribution in [0.4, 0.5) is 5.82 Å². The maximum absolute atomic E-state index is 11.8. The number of hydrogen-bond donors (Lipinski definition) is 0. The van der Waals surface area contributed by atoms with E-state index in [9.17, 15) is 13.2 Å². The average molecular weight is 456 g/mol. The van der Waals surface area contributed by atoms with E-state index in [1.807, 2.05) is 30.4 Å². The molecule has 32 heavy (non-hydrogen) atoms. The van der Waals surface area contributed by atoms with Crippen LogP contribution < -0.4 is 0 Å². The lowest BCUT2D eigenvalue weighted by Crippen LogP contribution is -2.37. The summed E-state index contributed by atoms with van der Waals surface area (Å²) >= 11 is 0. The number of hydrogen-bond acceptors (Lipinski definition) is 7. The number of carbonyl (C=O) groups excluding carboxylic acids is 1. The zero-order chi connectivity index (χ0) is 22.7. The van der Waals surface area contributed by atoms with Crippen LogP contribution in [0.15, 0.2) is 64.7 Å². The first kappa shape index (κ1) is 22.1. The van der Waals surface area contributed by atoms with Crippen LogP contribution in [0.5, 0.6) is 0 Å². The zero-order valence-electron chi connectivity index (χ0n) is 18.0. The zero-order valence-corrected chi connectivity index (χ0v) is 18.8. The Morgan fingerprint density at radius 2 is 1.88 bits per heavy atom. The standard InChI is InChI=1S/C22H25N5O4S/c1-16(28)17-6-8-19(9-7-17)27-21(23-24-22-5-3-4-14-31-22)15-20(25-27)18-10-12-26(13-11-18)32(2,29)30/h3-9,15,18H,10-14H2,1-2H3. The van der Waals surface area contributed by atoms with Crippen molar-refractivity contribution in [3.05, 3.63) is 65.7 Å². The van der Waals surface area contributed by atoms with E-state index in [0.29, 0.717) is 49.8 Å². The second-order valence-corrected chi connectivity index (χ2v) is 9.81. The number of carbonyl (C=O) groups is 1. The van der Waals surface area contributed by atoms with Crippen molar-refractivity contribution >= 4 is 21.6 Å². The summed E-state index contributed by atoms with van der Waals surface area (Å²) in [7, 11) is -3.19. The van der Waals surface area contributed by atoms with Crippen LogP contribution in [0.25, 0.3) is 5.69 Å². The number of azo groups is 1. The Bertz CT molecular complexity index is 1190. The van der Waals surface area contributed by atoms with Crippen LogP contribution in [-0.4, -0.2) is 54.2 Å². The molecule has 2 aliphatic rings. The summed E-state index contributed by atoms with van der Waals surface area (Å²) in [4.78, 5) is 11.6. The Labute approximate surface area is 187 Å². The Balaban J connectivity index is 1.64. The third kappa shape index (κ3) is 5.03. The number of ketones is 1. The highest BCUT2D eigenvalue weighted by atomic mass is 32.2. The normalized spacial score (nSPS) is 18.0. The molecule has 0 N–H and O–H groups in total. The third-order valence-electron chi connectivity index (χ3n) is 5.52. The number of piperidine rings is 1. The molecule has 168 valence electrons. The van der Waals surface area contributed by atoms with Gasteiger partial charge in [0.15, 0.2) is 11.6 Å². The minimum Gasteiger partial charge on any atom is -0.472 e. The van der Waals surface area contributed by atoms with E-state index in [0.717, 1.165) is 11.4 Å². The Morgan fingerprint density at radius 3 is 2.47 bits per heavy atom. The molecular weight excluding hydrogens is 430 g/mol. The molecule has 2 aliphatic heterocycles. The first-order chi connectivity index (χ1) is 15.3. The molecule has 1 fully saturated rings. The van der Waals surface area contributed by atoms with Gasteiger partial charge in [-0.25, -0.2) is 17.4 Å². The molecule has 0 atom stereocenters. The number of benzene rings is 1. The first-order valence-corrected chi connectivity index (χ1v) is 12.2. The SMILES string of the molecule is CC(=O)c1ccc(-n2nc(C3CCN(S(C)(=O)=O)CC3)cc2N=NC2=CC=CCO2)cc1. The molecule has 4 rings (SSSR count). The highest BCUT2D eigenvalue weighted by Gasteiger charge is 2.28. The van der Waals surface area contributed by atoms with Crippen molar-refractivity contribution in [2.75, 3.05) is 26.0 Å². The van der Waals surface area contributed by atoms with Crippen molar-refractivity contribution in [2.24, 2.45) is 10.2 Å². The maximum atomic E-state index is 11.8. The van der Waals surface area contributed by atoms with Crippen LogP contribution in [-0.2, 0) is 14.8 Å². The van der Waals surface area contributed by atoms with Gasteiger partial charge in [0.05, 0.1) is 17.6 Å². The highest BCUT2D eigenvalue weighted by Crippen LogP contribution is 2.32. The van der Waals surface area contributed by atoms with E-state index < -0.39 is 10.0 Å². The van der Waals surface area contributed by atoms with Crippen molar-refractivity contribution in [3.8, 4) is 5.69 Å². The lowest BCUT2D eigenvalue weighted by Gasteiger charge is -2.29. The summed E-state index contributed by atoms with van der Waals surface area (Å²) in [5.74, 6) is 1.05. The topological polar surface area (TPSA) is 106 Å². The molecule has 1 saturated heterocycles. The van der Waals surface area contributed by atoms with Crippen LogP contribution >= 0.6 is 0 Å². The molecule has 0 radical (unpaired) electrons. The molecule has 0 spiro atoms. The number of nitrogens with zero attached hydrogens (tertiary/aromatic N) is 5. The Morgan fingerprint density at radius 1 is 1.16 bits per heavy atom. The monoisotopic (exact) mass is 455 g/mol. The summed E-state index contributed by atoms with van der Waals surface area (Å²) in [6.45, 7) is 2.90. The average Bonchev–Trinajstić information content (AvgIpc) is 3.22. The second kappa shape index (κ2) is 9.17. The van der Waals surface area contributed by atoms with E-state index in [4.69, 9.17) is 9.84 Å². The maximum Gasteiger partial charge on any atom is 0.233 e. The first-order valence-electron chi connectivity index (χ1n) is 10.4. The number of ether oxygens (including phenoxy) is 1. The fourth-order valence-electron chi connectivity index (χ4n) is 3.72. The minimum atomic E-state index is -3.19. The van der Waals surface area contributed by atoms with Crippen LogP contribution in [0.2, 0.25) is 0 Å². The molecule has 2 aromatic rings. The lowest BCUT2D eigenvalue weighted by molar-refractivity contribution is 0.101. The molecular formula is C22H25N5O4S. The lowest BCUT2D eigenvalue weighted by atomic mass is 9.95. The predicted molar refractivity (Wildman–Crippen MR) is 120 cm³/mol.